The molecule has 2 rings (SSSR count). The Bertz CT molecular complexity index is 584. The van der Waals surface area contributed by atoms with Crippen molar-refractivity contribution in [3.63, 3.8) is 0 Å². The molecule has 2 unspecified atom stereocenters. The van der Waals surface area contributed by atoms with E-state index in [9.17, 15) is 14.7 Å². The van der Waals surface area contributed by atoms with Gasteiger partial charge >= 0.3 is 11.9 Å². The Kier molecular flexibility index (Phi) is 5.64. The molecule has 0 saturated carbocycles. The van der Waals surface area contributed by atoms with Crippen molar-refractivity contribution in [2.75, 3.05) is 19.8 Å². The first-order chi connectivity index (χ1) is 11.4. The fraction of sp³-hybridized carbons (Fsp3) is 0.706. The predicted molar refractivity (Wildman–Crippen MR) is 88.4 cm³/mol. The molecule has 7 nitrogen and oxygen atoms in total. The molecule has 0 fully saturated rings. The first-order valence-corrected chi connectivity index (χ1v) is 8.42. The van der Waals surface area contributed by atoms with Crippen molar-refractivity contribution in [1.29, 1.82) is 0 Å². The first kappa shape index (κ1) is 18.4. The molecule has 0 aromatic carbocycles. The number of hydrazone groups is 1. The van der Waals surface area contributed by atoms with E-state index in [0.29, 0.717) is 19.4 Å². The third-order valence-electron chi connectivity index (χ3n) is 4.49. The zero-order chi connectivity index (χ0) is 17.9. The van der Waals surface area contributed by atoms with Crippen molar-refractivity contribution in [2.45, 2.75) is 58.6 Å². The Morgan fingerprint density at radius 2 is 1.83 bits per heavy atom. The highest BCUT2D eigenvalue weighted by Gasteiger charge is 2.60. The number of carbonyl (C=O) groups is 2. The monoisotopic (exact) mass is 338 g/mol. The predicted octanol–water partition coefficient (Wildman–Crippen LogP) is 1.40. The number of aliphatic hydroxyl groups excluding tert-OH is 1. The number of aliphatic hydroxyl groups is 1. The minimum Gasteiger partial charge on any atom is -0.464 e. The molecular weight excluding hydrogens is 312 g/mol. The summed E-state index contributed by atoms with van der Waals surface area (Å²) < 4.78 is 10.4. The van der Waals surface area contributed by atoms with E-state index >= 15 is 0 Å². The van der Waals surface area contributed by atoms with Crippen LogP contribution in [-0.2, 0) is 19.1 Å². The Morgan fingerprint density at radius 1 is 1.21 bits per heavy atom. The molecule has 0 bridgehead atoms. The van der Waals surface area contributed by atoms with Crippen LogP contribution in [0.5, 0.6) is 0 Å². The Labute approximate surface area is 142 Å². The molecule has 0 amide bonds. The van der Waals surface area contributed by atoms with E-state index in [-0.39, 0.29) is 25.3 Å². The van der Waals surface area contributed by atoms with Crippen LogP contribution in [-0.4, -0.2) is 59.2 Å². The van der Waals surface area contributed by atoms with Crippen LogP contribution in [0.4, 0.5) is 0 Å². The maximum atomic E-state index is 12.7. The number of nitrogens with zero attached hydrogens (tertiary/aromatic N) is 2. The van der Waals surface area contributed by atoms with Crippen LogP contribution in [0.25, 0.3) is 0 Å². The molecule has 0 aromatic rings. The average Bonchev–Trinajstić information content (AvgIpc) is 2.84. The SMILES string of the molecule is CCCOC(=O)C1=NN2CC(C)=C(C)CC2(C(=O)OCCC)C1O. The third-order valence-corrected chi connectivity index (χ3v) is 4.49. The quantitative estimate of drug-likeness (QED) is 0.582. The Morgan fingerprint density at radius 3 is 2.46 bits per heavy atom. The van der Waals surface area contributed by atoms with Gasteiger partial charge in [-0.05, 0) is 26.7 Å². The second-order valence-electron chi connectivity index (χ2n) is 6.38. The number of fused-ring (bicyclic) bond motifs is 1. The lowest BCUT2D eigenvalue weighted by atomic mass is 9.80. The highest BCUT2D eigenvalue weighted by Crippen LogP contribution is 2.40. The summed E-state index contributed by atoms with van der Waals surface area (Å²) in [7, 11) is 0. The van der Waals surface area contributed by atoms with Crippen LogP contribution >= 0.6 is 0 Å². The van der Waals surface area contributed by atoms with Crippen molar-refractivity contribution in [3.05, 3.63) is 11.1 Å². The van der Waals surface area contributed by atoms with Gasteiger partial charge in [-0.2, -0.15) is 5.10 Å². The fourth-order valence-electron chi connectivity index (χ4n) is 2.95. The molecule has 0 spiro atoms. The number of ether oxygens (including phenoxy) is 2. The molecule has 2 atom stereocenters. The molecule has 2 heterocycles. The molecule has 0 radical (unpaired) electrons. The average molecular weight is 338 g/mol. The van der Waals surface area contributed by atoms with Crippen LogP contribution in [0.2, 0.25) is 0 Å². The summed E-state index contributed by atoms with van der Waals surface area (Å²) in [6.07, 6.45) is 0.256. The number of hydrogen-bond acceptors (Lipinski definition) is 7. The topological polar surface area (TPSA) is 88.4 Å². The number of esters is 2. The molecule has 0 saturated heterocycles. The highest BCUT2D eigenvalue weighted by molar-refractivity contribution is 6.39. The standard InChI is InChI=1S/C17H26N2O5/c1-5-7-23-15(21)13-14(20)17(16(22)24-8-6-2)9-11(3)12(4)10-19(17)18-13/h14,20H,5-10H2,1-4H3. The van der Waals surface area contributed by atoms with Gasteiger partial charge in [-0.15, -0.1) is 0 Å². The lowest BCUT2D eigenvalue weighted by molar-refractivity contribution is -0.163. The van der Waals surface area contributed by atoms with Gasteiger partial charge in [-0.25, -0.2) is 9.59 Å². The second-order valence-corrected chi connectivity index (χ2v) is 6.38. The summed E-state index contributed by atoms with van der Waals surface area (Å²) in [5, 5.41) is 16.5. The van der Waals surface area contributed by atoms with Gasteiger partial charge in [0.15, 0.2) is 11.3 Å². The molecule has 2 aliphatic heterocycles. The van der Waals surface area contributed by atoms with Crippen molar-refractivity contribution < 1.29 is 24.2 Å². The van der Waals surface area contributed by atoms with Gasteiger partial charge in [0.05, 0.1) is 19.8 Å². The van der Waals surface area contributed by atoms with Crippen LogP contribution in [0, 0.1) is 0 Å². The van der Waals surface area contributed by atoms with Crippen LogP contribution in [0.1, 0.15) is 47.0 Å². The minimum absolute atomic E-state index is 0.126. The molecular formula is C17H26N2O5. The summed E-state index contributed by atoms with van der Waals surface area (Å²) in [5.74, 6) is -1.23. The maximum absolute atomic E-state index is 12.7. The summed E-state index contributed by atoms with van der Waals surface area (Å²) in [6.45, 7) is 8.52. The van der Waals surface area contributed by atoms with Crippen molar-refractivity contribution >= 4 is 17.7 Å². The smallest absolute Gasteiger partial charge is 0.357 e. The summed E-state index contributed by atoms with van der Waals surface area (Å²) in [6, 6.07) is 0. The van der Waals surface area contributed by atoms with Gasteiger partial charge in [0.25, 0.3) is 0 Å². The normalized spacial score (nSPS) is 26.1. The lowest BCUT2D eigenvalue weighted by Gasteiger charge is -2.41. The van der Waals surface area contributed by atoms with Crippen molar-refractivity contribution in [3.8, 4) is 0 Å². The fourth-order valence-corrected chi connectivity index (χ4v) is 2.95. The van der Waals surface area contributed by atoms with Gasteiger partial charge in [0.1, 0.15) is 6.10 Å². The maximum Gasteiger partial charge on any atom is 0.357 e. The molecule has 0 aliphatic carbocycles. The van der Waals surface area contributed by atoms with Gasteiger partial charge in [-0.3, -0.25) is 5.01 Å². The zero-order valence-electron chi connectivity index (χ0n) is 14.8. The summed E-state index contributed by atoms with van der Waals surface area (Å²) >= 11 is 0. The van der Waals surface area contributed by atoms with Gasteiger partial charge < -0.3 is 14.6 Å². The Balaban J connectivity index is 2.34. The minimum atomic E-state index is -1.38. The summed E-state index contributed by atoms with van der Waals surface area (Å²) in [4.78, 5) is 24.9. The van der Waals surface area contributed by atoms with Gasteiger partial charge in [0, 0.05) is 6.42 Å². The molecule has 0 aromatic heterocycles. The highest BCUT2D eigenvalue weighted by atomic mass is 16.5. The van der Waals surface area contributed by atoms with Crippen molar-refractivity contribution in [1.82, 2.24) is 5.01 Å². The largest absolute Gasteiger partial charge is 0.464 e. The van der Waals surface area contributed by atoms with E-state index in [1.807, 2.05) is 27.7 Å². The molecule has 7 heteroatoms. The molecule has 1 N–H and O–H groups in total. The van der Waals surface area contributed by atoms with Crippen molar-refractivity contribution in [2.24, 2.45) is 5.10 Å². The second kappa shape index (κ2) is 7.34. The van der Waals surface area contributed by atoms with Crippen LogP contribution in [0.3, 0.4) is 0 Å². The van der Waals surface area contributed by atoms with E-state index < -0.39 is 23.6 Å². The summed E-state index contributed by atoms with van der Waals surface area (Å²) in [5.41, 5.74) is 0.559. The number of rotatable bonds is 6. The van der Waals surface area contributed by atoms with E-state index in [4.69, 9.17) is 9.47 Å². The molecule has 24 heavy (non-hydrogen) atoms. The number of hydrogen-bond donors (Lipinski definition) is 1. The first-order valence-electron chi connectivity index (χ1n) is 8.42. The number of carbonyl (C=O) groups excluding carboxylic acids is 2. The van der Waals surface area contributed by atoms with E-state index in [2.05, 4.69) is 5.10 Å². The van der Waals surface area contributed by atoms with E-state index in [1.54, 1.807) is 0 Å². The third kappa shape index (κ3) is 3.05. The van der Waals surface area contributed by atoms with E-state index in [1.165, 1.54) is 5.01 Å². The van der Waals surface area contributed by atoms with Crippen LogP contribution < -0.4 is 0 Å². The van der Waals surface area contributed by atoms with Gasteiger partial charge in [-0.1, -0.05) is 25.0 Å². The Hall–Kier alpha value is -1.89. The lowest BCUT2D eigenvalue weighted by Crippen LogP contribution is -2.61. The molecule has 2 aliphatic rings. The zero-order valence-corrected chi connectivity index (χ0v) is 14.8. The van der Waals surface area contributed by atoms with E-state index in [0.717, 1.165) is 11.1 Å². The van der Waals surface area contributed by atoms with Crippen LogP contribution in [0.15, 0.2) is 16.2 Å². The van der Waals surface area contributed by atoms with Gasteiger partial charge in [0.2, 0.25) is 0 Å². The molecule has 134 valence electrons.